The predicted octanol–water partition coefficient (Wildman–Crippen LogP) is 5.16. The summed E-state index contributed by atoms with van der Waals surface area (Å²) in [6.07, 6.45) is 9.06. The first-order chi connectivity index (χ1) is 11.3. The van der Waals surface area contributed by atoms with Crippen LogP contribution in [0.2, 0.25) is 12.1 Å². The Labute approximate surface area is 142 Å². The molecular weight excluding hydrogens is 292 g/mol. The van der Waals surface area contributed by atoms with E-state index in [4.69, 9.17) is 0 Å². The molecular formula is C22H28Si. The minimum atomic E-state index is -1.57. The second-order valence-corrected chi connectivity index (χ2v) is 11.1. The van der Waals surface area contributed by atoms with Crippen LogP contribution in [0.1, 0.15) is 39.0 Å². The lowest BCUT2D eigenvalue weighted by Crippen LogP contribution is -2.59. The van der Waals surface area contributed by atoms with Gasteiger partial charge in [-0.1, -0.05) is 102 Å². The van der Waals surface area contributed by atoms with Crippen LogP contribution in [0.25, 0.3) is 0 Å². The summed E-state index contributed by atoms with van der Waals surface area (Å²) in [6, 6.07) is 25.5. The average Bonchev–Trinajstić information content (AvgIpc) is 2.64. The SMILES string of the molecule is CCCCC=C1CC[Si](c2ccccc2)(c2ccccc2)CC1. The molecule has 0 spiro atoms. The second kappa shape index (κ2) is 7.78. The average molecular weight is 321 g/mol. The molecule has 23 heavy (non-hydrogen) atoms. The summed E-state index contributed by atoms with van der Waals surface area (Å²) in [5.74, 6) is 0. The number of allylic oxidation sites excluding steroid dienone is 2. The van der Waals surface area contributed by atoms with Gasteiger partial charge in [-0.15, -0.1) is 0 Å². The van der Waals surface area contributed by atoms with E-state index in [1.165, 1.54) is 44.2 Å². The van der Waals surface area contributed by atoms with Gasteiger partial charge in [-0.25, -0.2) is 0 Å². The lowest BCUT2D eigenvalue weighted by molar-refractivity contribution is 0.794. The van der Waals surface area contributed by atoms with Crippen LogP contribution in [0.4, 0.5) is 0 Å². The molecule has 2 aromatic rings. The van der Waals surface area contributed by atoms with Crippen LogP contribution in [0, 0.1) is 0 Å². The van der Waals surface area contributed by atoms with Crippen LogP contribution in [-0.4, -0.2) is 8.07 Å². The van der Waals surface area contributed by atoms with Gasteiger partial charge in [0.25, 0.3) is 0 Å². The largest absolute Gasteiger partial charge is 0.118 e. The third-order valence-electron chi connectivity index (χ3n) is 5.39. The summed E-state index contributed by atoms with van der Waals surface area (Å²) in [5.41, 5.74) is 1.72. The summed E-state index contributed by atoms with van der Waals surface area (Å²) in [6.45, 7) is 2.28. The van der Waals surface area contributed by atoms with Crippen molar-refractivity contribution in [1.29, 1.82) is 0 Å². The molecule has 120 valence electrons. The Morgan fingerprint density at radius 1 is 0.826 bits per heavy atom. The fraction of sp³-hybridized carbons (Fsp3) is 0.364. The van der Waals surface area contributed by atoms with E-state index in [1.54, 1.807) is 15.9 Å². The fourth-order valence-electron chi connectivity index (χ4n) is 3.97. The standard InChI is InChI=1S/C22H28Si/c1-2-3-6-11-20-16-18-23(19-17-20,21-12-7-4-8-13-21)22-14-9-5-10-15-22/h4-5,7-15H,2-3,6,16-19H2,1H3. The number of hydrogen-bond acceptors (Lipinski definition) is 0. The van der Waals surface area contributed by atoms with Crippen LogP contribution in [0.5, 0.6) is 0 Å². The molecule has 1 fully saturated rings. The zero-order chi connectivity index (χ0) is 16.0. The zero-order valence-corrected chi connectivity index (χ0v) is 15.3. The summed E-state index contributed by atoms with van der Waals surface area (Å²) in [7, 11) is -1.57. The van der Waals surface area contributed by atoms with Crippen molar-refractivity contribution >= 4 is 18.4 Å². The normalized spacial score (nSPS) is 17.0. The van der Waals surface area contributed by atoms with Gasteiger partial charge in [0, 0.05) is 0 Å². The van der Waals surface area contributed by atoms with E-state index in [0.717, 1.165) is 0 Å². The Morgan fingerprint density at radius 2 is 1.35 bits per heavy atom. The van der Waals surface area contributed by atoms with Gasteiger partial charge in [-0.2, -0.15) is 0 Å². The quantitative estimate of drug-likeness (QED) is 0.405. The molecule has 0 N–H and O–H groups in total. The maximum Gasteiger partial charge on any atom is 0.118 e. The molecule has 1 heterocycles. The Kier molecular flexibility index (Phi) is 5.50. The van der Waals surface area contributed by atoms with Crippen LogP contribution in [0.3, 0.4) is 0 Å². The third kappa shape index (κ3) is 3.67. The maximum absolute atomic E-state index is 2.54. The second-order valence-electron chi connectivity index (χ2n) is 6.82. The molecule has 0 nitrogen and oxygen atoms in total. The highest BCUT2D eigenvalue weighted by atomic mass is 28.3. The molecule has 0 unspecified atom stereocenters. The number of hydrogen-bond donors (Lipinski definition) is 0. The van der Waals surface area contributed by atoms with Gasteiger partial charge >= 0.3 is 0 Å². The Morgan fingerprint density at radius 3 is 1.83 bits per heavy atom. The molecule has 0 bridgehead atoms. The Bertz CT molecular complexity index is 576. The van der Waals surface area contributed by atoms with Crippen molar-refractivity contribution in [3.63, 3.8) is 0 Å². The fourth-order valence-corrected chi connectivity index (χ4v) is 8.87. The van der Waals surface area contributed by atoms with Gasteiger partial charge in [0.2, 0.25) is 0 Å². The highest BCUT2D eigenvalue weighted by Crippen LogP contribution is 2.32. The summed E-state index contributed by atoms with van der Waals surface area (Å²) in [4.78, 5) is 0. The first kappa shape index (κ1) is 16.3. The van der Waals surface area contributed by atoms with Crippen molar-refractivity contribution in [2.24, 2.45) is 0 Å². The van der Waals surface area contributed by atoms with Crippen LogP contribution >= 0.6 is 0 Å². The number of unbranched alkanes of at least 4 members (excludes halogenated alkanes) is 2. The minimum Gasteiger partial charge on any atom is -0.0854 e. The summed E-state index contributed by atoms with van der Waals surface area (Å²) >= 11 is 0. The molecule has 0 amide bonds. The van der Waals surface area contributed by atoms with Gasteiger partial charge in [0.15, 0.2) is 0 Å². The molecule has 0 aromatic heterocycles. The molecule has 1 heteroatoms. The van der Waals surface area contributed by atoms with Crippen LogP contribution in [0.15, 0.2) is 72.3 Å². The van der Waals surface area contributed by atoms with E-state index in [1.807, 2.05) is 0 Å². The Hall–Kier alpha value is -1.60. The first-order valence-corrected chi connectivity index (χ1v) is 11.6. The predicted molar refractivity (Wildman–Crippen MR) is 104 cm³/mol. The Balaban J connectivity index is 1.87. The van der Waals surface area contributed by atoms with E-state index in [-0.39, 0.29) is 0 Å². The molecule has 0 atom stereocenters. The van der Waals surface area contributed by atoms with E-state index in [0.29, 0.717) is 0 Å². The number of benzene rings is 2. The van der Waals surface area contributed by atoms with Crippen molar-refractivity contribution in [1.82, 2.24) is 0 Å². The lowest BCUT2D eigenvalue weighted by Gasteiger charge is -2.37. The highest BCUT2D eigenvalue weighted by molar-refractivity contribution is 7.02. The monoisotopic (exact) mass is 320 g/mol. The summed E-state index contributed by atoms with van der Waals surface area (Å²) < 4.78 is 0. The van der Waals surface area contributed by atoms with E-state index >= 15 is 0 Å². The van der Waals surface area contributed by atoms with Crippen molar-refractivity contribution in [2.75, 3.05) is 0 Å². The lowest BCUT2D eigenvalue weighted by atomic mass is 10.1. The minimum absolute atomic E-state index is 1.27. The van der Waals surface area contributed by atoms with Gasteiger partial charge in [-0.3, -0.25) is 0 Å². The van der Waals surface area contributed by atoms with Gasteiger partial charge in [-0.05, 0) is 31.4 Å². The molecule has 1 aliphatic rings. The maximum atomic E-state index is 2.54. The molecule has 0 saturated carbocycles. The smallest absolute Gasteiger partial charge is 0.0854 e. The first-order valence-electron chi connectivity index (χ1n) is 9.14. The van der Waals surface area contributed by atoms with Crippen molar-refractivity contribution in [3.8, 4) is 0 Å². The van der Waals surface area contributed by atoms with Crippen molar-refractivity contribution in [3.05, 3.63) is 72.3 Å². The van der Waals surface area contributed by atoms with Crippen molar-refractivity contribution < 1.29 is 0 Å². The zero-order valence-electron chi connectivity index (χ0n) is 14.3. The van der Waals surface area contributed by atoms with Gasteiger partial charge in [0.05, 0.1) is 0 Å². The van der Waals surface area contributed by atoms with E-state index < -0.39 is 8.07 Å². The van der Waals surface area contributed by atoms with Crippen LogP contribution < -0.4 is 10.4 Å². The van der Waals surface area contributed by atoms with Crippen LogP contribution in [-0.2, 0) is 0 Å². The highest BCUT2D eigenvalue weighted by Gasteiger charge is 2.38. The van der Waals surface area contributed by atoms with E-state index in [9.17, 15) is 0 Å². The van der Waals surface area contributed by atoms with Gasteiger partial charge in [0.1, 0.15) is 8.07 Å². The summed E-state index contributed by atoms with van der Waals surface area (Å²) in [5, 5.41) is 3.25. The molecule has 2 aromatic carbocycles. The van der Waals surface area contributed by atoms with Crippen molar-refractivity contribution in [2.45, 2.75) is 51.1 Å². The number of rotatable bonds is 5. The third-order valence-corrected chi connectivity index (χ3v) is 10.5. The topological polar surface area (TPSA) is 0 Å². The van der Waals surface area contributed by atoms with E-state index in [2.05, 4.69) is 73.7 Å². The molecule has 3 rings (SSSR count). The molecule has 1 saturated heterocycles. The molecule has 0 aliphatic carbocycles. The molecule has 0 radical (unpaired) electrons. The van der Waals surface area contributed by atoms with Gasteiger partial charge < -0.3 is 0 Å². The molecule has 1 aliphatic heterocycles.